The van der Waals surface area contributed by atoms with Gasteiger partial charge in [0, 0.05) is 25.7 Å². The number of aromatic nitrogens is 4. The summed E-state index contributed by atoms with van der Waals surface area (Å²) >= 11 is 0. The zero-order valence-electron chi connectivity index (χ0n) is 14.9. The first-order valence-electron chi connectivity index (χ1n) is 8.27. The molecule has 0 amide bonds. The van der Waals surface area contributed by atoms with Crippen molar-refractivity contribution in [1.29, 1.82) is 0 Å². The van der Waals surface area contributed by atoms with Gasteiger partial charge in [0.2, 0.25) is 0 Å². The molecule has 2 aromatic rings. The van der Waals surface area contributed by atoms with Gasteiger partial charge in [-0.2, -0.15) is 17.7 Å². The zero-order valence-corrected chi connectivity index (χ0v) is 14.9. The summed E-state index contributed by atoms with van der Waals surface area (Å²) in [6.07, 6.45) is -0.984. The highest BCUT2D eigenvalue weighted by atomic mass is 19.4. The molecule has 2 aromatic heterocycles. The molecule has 0 radical (unpaired) electrons. The normalized spacial score (nSPS) is 13.3. The van der Waals surface area contributed by atoms with E-state index in [2.05, 4.69) is 52.5 Å². The van der Waals surface area contributed by atoms with Gasteiger partial charge in [-0.3, -0.25) is 4.90 Å². The van der Waals surface area contributed by atoms with Crippen molar-refractivity contribution < 1.29 is 13.2 Å². The lowest BCUT2D eigenvalue weighted by Crippen LogP contribution is -2.44. The van der Waals surface area contributed by atoms with Gasteiger partial charge in [-0.25, -0.2) is 0 Å². The minimum absolute atomic E-state index is 0.0447. The maximum absolute atomic E-state index is 13.0. The van der Waals surface area contributed by atoms with Gasteiger partial charge in [0.1, 0.15) is 5.82 Å². The van der Waals surface area contributed by atoms with Crippen LogP contribution in [-0.4, -0.2) is 50.4 Å². The number of anilines is 1. The molecule has 0 aliphatic rings. The molecule has 2 heterocycles. The molecule has 0 aromatic carbocycles. The predicted molar refractivity (Wildman–Crippen MR) is 94.9 cm³/mol. The molecule has 0 aliphatic heterocycles. The number of hydrogen-bond donors (Lipinski definition) is 1. The number of nitrogens with one attached hydrogen (secondary N) is 1. The summed E-state index contributed by atoms with van der Waals surface area (Å²) in [6.45, 7) is 13.6. The van der Waals surface area contributed by atoms with Gasteiger partial charge in [-0.15, -0.1) is 28.5 Å². The van der Waals surface area contributed by atoms with Crippen molar-refractivity contribution in [2.24, 2.45) is 5.92 Å². The van der Waals surface area contributed by atoms with Crippen LogP contribution in [0.2, 0.25) is 0 Å². The van der Waals surface area contributed by atoms with Crippen molar-refractivity contribution in [3.8, 4) is 0 Å². The van der Waals surface area contributed by atoms with Crippen LogP contribution in [0.1, 0.15) is 19.7 Å². The highest BCUT2D eigenvalue weighted by Crippen LogP contribution is 2.27. The Labute approximate surface area is 150 Å². The fraction of sp³-hybridized carbons (Fsp3) is 0.471. The van der Waals surface area contributed by atoms with Crippen LogP contribution in [0.3, 0.4) is 0 Å². The molecule has 142 valence electrons. The van der Waals surface area contributed by atoms with Crippen LogP contribution in [0, 0.1) is 5.92 Å². The van der Waals surface area contributed by atoms with E-state index in [0.29, 0.717) is 35.9 Å². The third kappa shape index (κ3) is 4.60. The number of fused-ring (bicyclic) bond motifs is 1. The number of halogens is 3. The highest BCUT2D eigenvalue weighted by Gasteiger charge is 2.37. The Morgan fingerprint density at radius 2 is 1.85 bits per heavy atom. The smallest absolute Gasteiger partial charge is 0.367 e. The first-order valence-corrected chi connectivity index (χ1v) is 8.27. The van der Waals surface area contributed by atoms with Crippen LogP contribution >= 0.6 is 0 Å². The van der Waals surface area contributed by atoms with Crippen molar-refractivity contribution in [3.05, 3.63) is 43.3 Å². The second kappa shape index (κ2) is 8.31. The summed E-state index contributed by atoms with van der Waals surface area (Å²) in [7, 11) is 0. The van der Waals surface area contributed by atoms with Crippen LogP contribution in [0.4, 0.5) is 19.0 Å². The molecule has 6 nitrogen and oxygen atoms in total. The Morgan fingerprint density at radius 1 is 1.19 bits per heavy atom. The predicted octanol–water partition coefficient (Wildman–Crippen LogP) is 3.25. The van der Waals surface area contributed by atoms with Gasteiger partial charge in [-0.1, -0.05) is 26.0 Å². The average molecular weight is 368 g/mol. The second-order valence-electron chi connectivity index (χ2n) is 6.23. The quantitative estimate of drug-likeness (QED) is 0.689. The molecule has 0 aliphatic carbocycles. The molecule has 2 rings (SSSR count). The van der Waals surface area contributed by atoms with Gasteiger partial charge in [0.05, 0.1) is 0 Å². The number of rotatable bonds is 9. The van der Waals surface area contributed by atoms with Crippen molar-refractivity contribution >= 4 is 11.5 Å². The first kappa shape index (κ1) is 19.9. The Hall–Kier alpha value is -2.42. The number of alkyl halides is 3. The van der Waals surface area contributed by atoms with Gasteiger partial charge in [0.25, 0.3) is 5.82 Å². The van der Waals surface area contributed by atoms with Gasteiger partial charge < -0.3 is 5.32 Å². The average Bonchev–Trinajstić information content (AvgIpc) is 2.98. The van der Waals surface area contributed by atoms with E-state index in [1.807, 2.05) is 12.2 Å². The van der Waals surface area contributed by atoms with E-state index in [4.69, 9.17) is 0 Å². The van der Waals surface area contributed by atoms with Crippen LogP contribution in [-0.2, 0) is 6.18 Å². The third-order valence-corrected chi connectivity index (χ3v) is 3.97. The van der Waals surface area contributed by atoms with Crippen LogP contribution in [0.15, 0.2) is 37.4 Å². The fourth-order valence-corrected chi connectivity index (χ4v) is 2.73. The molecule has 0 saturated carbocycles. The van der Waals surface area contributed by atoms with Gasteiger partial charge >= 0.3 is 6.18 Å². The Kier molecular flexibility index (Phi) is 6.36. The zero-order chi connectivity index (χ0) is 19.3. The lowest BCUT2D eigenvalue weighted by molar-refractivity contribution is -0.146. The van der Waals surface area contributed by atoms with E-state index in [1.165, 1.54) is 6.07 Å². The molecule has 1 atom stereocenters. The van der Waals surface area contributed by atoms with E-state index in [0.717, 1.165) is 0 Å². The van der Waals surface area contributed by atoms with E-state index >= 15 is 0 Å². The van der Waals surface area contributed by atoms with E-state index in [9.17, 15) is 13.2 Å². The summed E-state index contributed by atoms with van der Waals surface area (Å²) in [5.74, 6) is -0.506. The summed E-state index contributed by atoms with van der Waals surface area (Å²) in [6, 6.07) is 3.17. The van der Waals surface area contributed by atoms with Crippen molar-refractivity contribution in [3.63, 3.8) is 0 Å². The Balaban J connectivity index is 2.20. The van der Waals surface area contributed by atoms with Crippen LogP contribution < -0.4 is 5.32 Å². The fourth-order valence-electron chi connectivity index (χ4n) is 2.73. The minimum atomic E-state index is -4.61. The van der Waals surface area contributed by atoms with E-state index in [1.54, 1.807) is 6.07 Å². The number of hydrogen-bond acceptors (Lipinski definition) is 5. The molecule has 0 unspecified atom stereocenters. The van der Waals surface area contributed by atoms with Crippen LogP contribution in [0.25, 0.3) is 5.65 Å². The molecular weight excluding hydrogens is 345 g/mol. The Morgan fingerprint density at radius 3 is 2.38 bits per heavy atom. The molecule has 0 spiro atoms. The van der Waals surface area contributed by atoms with Gasteiger partial charge in [-0.05, 0) is 18.1 Å². The van der Waals surface area contributed by atoms with Crippen LogP contribution in [0.5, 0.6) is 0 Å². The van der Waals surface area contributed by atoms with Crippen molar-refractivity contribution in [2.45, 2.75) is 26.1 Å². The summed E-state index contributed by atoms with van der Waals surface area (Å²) in [5, 5.41) is 13.8. The molecular formula is C17H23F3N6. The molecule has 9 heteroatoms. The topological polar surface area (TPSA) is 58.3 Å². The Bertz CT molecular complexity index is 743. The lowest BCUT2D eigenvalue weighted by Gasteiger charge is -2.33. The van der Waals surface area contributed by atoms with Crippen molar-refractivity contribution in [1.82, 2.24) is 24.7 Å². The lowest BCUT2D eigenvalue weighted by atomic mass is 10.0. The maximum atomic E-state index is 13.0. The molecule has 0 bridgehead atoms. The third-order valence-electron chi connectivity index (χ3n) is 3.97. The molecule has 26 heavy (non-hydrogen) atoms. The van der Waals surface area contributed by atoms with E-state index < -0.39 is 12.0 Å². The largest absolute Gasteiger partial charge is 0.453 e. The monoisotopic (exact) mass is 368 g/mol. The summed E-state index contributed by atoms with van der Waals surface area (Å²) in [4.78, 5) is 2.19. The standard InChI is InChI=1S/C17H23F3N6/c1-5-9-25(10-6-2)13(12(3)4)11-21-14-7-8-15-22-23-16(17(18,19)20)26(15)24-14/h5-8,12-13H,1-2,9-11H2,3-4H3,(H,21,24)/t13-/m1/s1. The number of nitrogens with zero attached hydrogens (tertiary/aromatic N) is 5. The highest BCUT2D eigenvalue weighted by molar-refractivity contribution is 5.44. The maximum Gasteiger partial charge on any atom is 0.453 e. The van der Waals surface area contributed by atoms with Crippen molar-refractivity contribution in [2.75, 3.05) is 25.0 Å². The summed E-state index contributed by atoms with van der Waals surface area (Å²) in [5.41, 5.74) is 0.0447. The minimum Gasteiger partial charge on any atom is -0.367 e. The molecule has 0 saturated heterocycles. The molecule has 1 N–H and O–H groups in total. The second-order valence-corrected chi connectivity index (χ2v) is 6.23. The molecule has 0 fully saturated rings. The van der Waals surface area contributed by atoms with E-state index in [-0.39, 0.29) is 11.7 Å². The summed E-state index contributed by atoms with van der Waals surface area (Å²) < 4.78 is 39.6. The first-order chi connectivity index (χ1) is 12.3. The SMILES string of the molecule is C=CCN(CC=C)[C@H](CNc1ccc2nnc(C(F)(F)F)n2n1)C(C)C. The van der Waals surface area contributed by atoms with Gasteiger partial charge in [0.15, 0.2) is 5.65 Å².